The molecule has 31 heavy (non-hydrogen) atoms. The number of thiophene rings is 2. The van der Waals surface area contributed by atoms with Gasteiger partial charge in [0.2, 0.25) is 0 Å². The van der Waals surface area contributed by atoms with Crippen LogP contribution in [-0.2, 0) is 0 Å². The second kappa shape index (κ2) is 8.54. The van der Waals surface area contributed by atoms with Crippen LogP contribution in [0.2, 0.25) is 0 Å². The van der Waals surface area contributed by atoms with Crippen molar-refractivity contribution in [3.05, 3.63) is 82.1 Å². The van der Waals surface area contributed by atoms with Gasteiger partial charge in [0, 0.05) is 10.6 Å². The van der Waals surface area contributed by atoms with E-state index in [4.69, 9.17) is 15.8 Å². The quantitative estimate of drug-likeness (QED) is 0.361. The molecule has 7 heteroatoms. The molecule has 0 saturated carbocycles. The molecule has 0 aliphatic carbocycles. The van der Waals surface area contributed by atoms with Gasteiger partial charge in [-0.1, -0.05) is 6.07 Å². The lowest BCUT2D eigenvalue weighted by molar-refractivity contribution is 1.10. The maximum Gasteiger partial charge on any atom is 0.148 e. The number of nitriles is 4. The molecule has 3 heterocycles. The molecule has 3 aromatic heterocycles. The lowest BCUT2D eigenvalue weighted by Gasteiger charge is -2.12. The van der Waals surface area contributed by atoms with Crippen LogP contribution in [0.15, 0.2) is 71.6 Å². The Morgan fingerprint density at radius 3 is 2.03 bits per heavy atom. The molecule has 0 saturated heterocycles. The van der Waals surface area contributed by atoms with Crippen LogP contribution in [-0.4, -0.2) is 4.57 Å². The van der Waals surface area contributed by atoms with Crippen LogP contribution < -0.4 is 0 Å². The summed E-state index contributed by atoms with van der Waals surface area (Å²) in [7, 11) is 0. The van der Waals surface area contributed by atoms with Crippen molar-refractivity contribution >= 4 is 28.2 Å². The summed E-state index contributed by atoms with van der Waals surface area (Å²) in [4.78, 5) is 2.56. The maximum atomic E-state index is 9.47. The predicted octanol–water partition coefficient (Wildman–Crippen LogP) is 6.13. The fourth-order valence-electron chi connectivity index (χ4n) is 3.19. The van der Waals surface area contributed by atoms with E-state index in [1.54, 1.807) is 41.7 Å². The van der Waals surface area contributed by atoms with E-state index in [1.165, 1.54) is 11.3 Å². The third kappa shape index (κ3) is 3.64. The number of nitrogens with zero attached hydrogens (tertiary/aromatic N) is 5. The molecule has 0 radical (unpaired) electrons. The lowest BCUT2D eigenvalue weighted by Crippen LogP contribution is -1.98. The minimum Gasteiger partial charge on any atom is -0.308 e. The van der Waals surface area contributed by atoms with Gasteiger partial charge in [-0.3, -0.25) is 0 Å². The van der Waals surface area contributed by atoms with E-state index in [-0.39, 0.29) is 11.1 Å². The minimum atomic E-state index is -0.197. The fraction of sp³-hybridized carbons (Fsp3) is 0. The van der Waals surface area contributed by atoms with Crippen molar-refractivity contribution < 1.29 is 0 Å². The fourth-order valence-corrected chi connectivity index (χ4v) is 4.95. The molecule has 0 aliphatic rings. The molecule has 5 nitrogen and oxygen atoms in total. The van der Waals surface area contributed by atoms with Gasteiger partial charge in [-0.15, -0.1) is 22.7 Å². The van der Waals surface area contributed by atoms with Crippen LogP contribution >= 0.6 is 22.7 Å². The highest BCUT2D eigenvalue weighted by atomic mass is 32.1. The molecule has 0 aliphatic heterocycles. The molecule has 0 bridgehead atoms. The summed E-state index contributed by atoms with van der Waals surface area (Å²) >= 11 is 2.98. The monoisotopic (exact) mass is 433 g/mol. The molecule has 4 aromatic rings. The Labute approximate surface area is 186 Å². The normalized spacial score (nSPS) is 9.81. The van der Waals surface area contributed by atoms with Crippen molar-refractivity contribution in [1.82, 2.24) is 4.57 Å². The lowest BCUT2D eigenvalue weighted by atomic mass is 10.1. The van der Waals surface area contributed by atoms with E-state index in [9.17, 15) is 5.26 Å². The Morgan fingerprint density at radius 1 is 0.742 bits per heavy atom. The number of benzene rings is 1. The van der Waals surface area contributed by atoms with Crippen LogP contribution in [0.25, 0.3) is 32.4 Å². The molecule has 1 aromatic carbocycles. The predicted molar refractivity (Wildman–Crippen MR) is 121 cm³/mol. The first-order chi connectivity index (χ1) is 15.2. The molecular formula is C24H11N5S2. The largest absolute Gasteiger partial charge is 0.308 e. The average molecular weight is 434 g/mol. The first-order valence-corrected chi connectivity index (χ1v) is 10.7. The van der Waals surface area contributed by atoms with Gasteiger partial charge in [0.25, 0.3) is 0 Å². The summed E-state index contributed by atoms with van der Waals surface area (Å²) in [6, 6.07) is 26.8. The molecule has 0 fully saturated rings. The Morgan fingerprint density at radius 2 is 1.45 bits per heavy atom. The summed E-state index contributed by atoms with van der Waals surface area (Å²) in [6.45, 7) is 0. The summed E-state index contributed by atoms with van der Waals surface area (Å²) in [5, 5.41) is 38.9. The van der Waals surface area contributed by atoms with Gasteiger partial charge in [0.05, 0.1) is 38.3 Å². The standard InChI is InChI=1S/C24H11N5S2/c25-12-16-3-5-18(6-4-16)29-20(23-2-1-11-30-23)7-8-21(29)24-10-9-22(31-24)19(15-28)17(13-26)14-27/h1-11H. The van der Waals surface area contributed by atoms with Crippen molar-refractivity contribution in [2.75, 3.05) is 0 Å². The van der Waals surface area contributed by atoms with Crippen LogP contribution in [0.3, 0.4) is 0 Å². The van der Waals surface area contributed by atoms with Crippen LogP contribution in [0.5, 0.6) is 0 Å². The third-order valence-corrected chi connectivity index (χ3v) is 6.62. The van der Waals surface area contributed by atoms with Gasteiger partial charge in [0.1, 0.15) is 23.8 Å². The molecule has 0 spiro atoms. The van der Waals surface area contributed by atoms with Crippen molar-refractivity contribution in [1.29, 1.82) is 21.0 Å². The summed E-state index contributed by atoms with van der Waals surface area (Å²) < 4.78 is 2.11. The molecule has 4 rings (SSSR count). The number of rotatable bonds is 4. The maximum absolute atomic E-state index is 9.47. The molecule has 0 N–H and O–H groups in total. The van der Waals surface area contributed by atoms with Gasteiger partial charge < -0.3 is 4.57 Å². The Hall–Kier alpha value is -4.40. The van der Waals surface area contributed by atoms with E-state index in [2.05, 4.69) is 10.6 Å². The van der Waals surface area contributed by atoms with E-state index < -0.39 is 0 Å². The Bertz CT molecular complexity index is 1440. The zero-order valence-corrected chi connectivity index (χ0v) is 17.5. The highest BCUT2D eigenvalue weighted by molar-refractivity contribution is 7.16. The van der Waals surface area contributed by atoms with Crippen molar-refractivity contribution in [3.8, 4) is 51.1 Å². The molecule has 0 unspecified atom stereocenters. The highest BCUT2D eigenvalue weighted by Crippen LogP contribution is 2.38. The SMILES string of the molecule is N#CC(C#N)=C(C#N)c1ccc(-c2ccc(-c3cccs3)n2-c2ccc(C#N)cc2)s1. The first-order valence-electron chi connectivity index (χ1n) is 9.01. The topological polar surface area (TPSA) is 100 Å². The number of allylic oxidation sites excluding steroid dienone is 2. The van der Waals surface area contributed by atoms with E-state index in [1.807, 2.05) is 53.9 Å². The number of aromatic nitrogens is 1. The van der Waals surface area contributed by atoms with Crippen LogP contribution in [0.1, 0.15) is 10.4 Å². The third-order valence-electron chi connectivity index (χ3n) is 4.60. The van der Waals surface area contributed by atoms with Gasteiger partial charge in [-0.05, 0) is 60.0 Å². The Balaban J connectivity index is 1.90. The molecule has 0 atom stereocenters. The van der Waals surface area contributed by atoms with Gasteiger partial charge in [-0.25, -0.2) is 0 Å². The van der Waals surface area contributed by atoms with Crippen molar-refractivity contribution in [2.45, 2.75) is 0 Å². The number of hydrogen-bond acceptors (Lipinski definition) is 6. The first kappa shape index (κ1) is 19.9. The van der Waals surface area contributed by atoms with Gasteiger partial charge >= 0.3 is 0 Å². The molecule has 0 amide bonds. The average Bonchev–Trinajstić information content (AvgIpc) is 3.57. The van der Waals surface area contributed by atoms with E-state index >= 15 is 0 Å². The van der Waals surface area contributed by atoms with Crippen LogP contribution in [0.4, 0.5) is 0 Å². The summed E-state index contributed by atoms with van der Waals surface area (Å²) in [5.41, 5.74) is 3.29. The second-order valence-corrected chi connectivity index (χ2v) is 8.36. The van der Waals surface area contributed by atoms with E-state index in [0.29, 0.717) is 10.4 Å². The minimum absolute atomic E-state index is 0.0798. The summed E-state index contributed by atoms with van der Waals surface area (Å²) in [6.07, 6.45) is 0. The number of hydrogen-bond donors (Lipinski definition) is 0. The zero-order valence-electron chi connectivity index (χ0n) is 15.9. The van der Waals surface area contributed by atoms with Crippen molar-refractivity contribution in [2.24, 2.45) is 0 Å². The van der Waals surface area contributed by atoms with Gasteiger partial charge in [-0.2, -0.15) is 21.0 Å². The molecular weight excluding hydrogens is 422 g/mol. The zero-order chi connectivity index (χ0) is 21.8. The second-order valence-electron chi connectivity index (χ2n) is 6.32. The highest BCUT2D eigenvalue weighted by Gasteiger charge is 2.18. The van der Waals surface area contributed by atoms with E-state index in [0.717, 1.165) is 26.8 Å². The molecule has 144 valence electrons. The van der Waals surface area contributed by atoms with Crippen molar-refractivity contribution in [3.63, 3.8) is 0 Å². The van der Waals surface area contributed by atoms with Gasteiger partial charge in [0.15, 0.2) is 0 Å². The smallest absolute Gasteiger partial charge is 0.148 e. The Kier molecular flexibility index (Phi) is 5.48. The van der Waals surface area contributed by atoms with Crippen LogP contribution in [0, 0.1) is 45.3 Å². The summed E-state index contributed by atoms with van der Waals surface area (Å²) in [5.74, 6) is 0.